The normalized spacial score (nSPS) is 13.8. The van der Waals surface area contributed by atoms with Gasteiger partial charge in [-0.2, -0.15) is 5.10 Å². The molecular formula is C16H24N4OW3. The summed E-state index contributed by atoms with van der Waals surface area (Å²) in [6, 6.07) is 2.42. The van der Waals surface area contributed by atoms with Crippen molar-refractivity contribution < 1.29 is 67.7 Å². The van der Waals surface area contributed by atoms with E-state index >= 15 is 0 Å². The van der Waals surface area contributed by atoms with Crippen LogP contribution in [0, 0.1) is 20.8 Å². The summed E-state index contributed by atoms with van der Waals surface area (Å²) in [5.41, 5.74) is 3.67. The second-order valence-electron chi connectivity index (χ2n) is 5.05. The van der Waals surface area contributed by atoms with Crippen LogP contribution >= 0.6 is 0 Å². The van der Waals surface area contributed by atoms with Gasteiger partial charge in [0, 0.05) is 93.9 Å². The third kappa shape index (κ3) is 10.7. The van der Waals surface area contributed by atoms with Crippen molar-refractivity contribution in [3.8, 4) is 0 Å². The molecule has 0 amide bonds. The van der Waals surface area contributed by atoms with Crippen LogP contribution in [0.3, 0.4) is 0 Å². The van der Waals surface area contributed by atoms with Gasteiger partial charge in [0.15, 0.2) is 0 Å². The van der Waals surface area contributed by atoms with Crippen LogP contribution in [0.4, 0.5) is 0 Å². The van der Waals surface area contributed by atoms with E-state index in [2.05, 4.69) is 29.1 Å². The van der Waals surface area contributed by atoms with E-state index in [1.165, 1.54) is 11.3 Å². The second kappa shape index (κ2) is 15.2. The minimum Gasteiger partial charge on any atom is -0.361 e. The largest absolute Gasteiger partial charge is 0.361 e. The fourth-order valence-electron chi connectivity index (χ4n) is 1.33. The van der Waals surface area contributed by atoms with Gasteiger partial charge in [0.2, 0.25) is 0 Å². The summed E-state index contributed by atoms with van der Waals surface area (Å²) in [5, 5.41) is 7.48. The van der Waals surface area contributed by atoms with Crippen molar-refractivity contribution in [1.29, 1.82) is 0 Å². The number of nitrogens with zero attached hydrogens (tertiary/aromatic N) is 4. The van der Waals surface area contributed by atoms with Gasteiger partial charge in [0.1, 0.15) is 5.76 Å². The topological polar surface area (TPSA) is 56.2 Å². The van der Waals surface area contributed by atoms with Gasteiger partial charge in [-0.25, -0.2) is 0 Å². The number of aliphatic imine (C=N–C) groups is 1. The van der Waals surface area contributed by atoms with Crippen molar-refractivity contribution in [2.75, 3.05) is 0 Å². The first-order valence-electron chi connectivity index (χ1n) is 6.94. The van der Waals surface area contributed by atoms with Crippen molar-refractivity contribution in [3.63, 3.8) is 0 Å². The van der Waals surface area contributed by atoms with Crippen LogP contribution < -0.4 is 0 Å². The standard InChI is InChI=1S/C6H9N.C5H8N2.C5H7NO.3W/c1-5-3-4-7-6(5)2;1-5-3-4-6-7(5)2;1-4-3-6-7-5(4)2;;;/h3-4,6H,1-2H3;3-4H,1-2H3;3H,1-2H3;;;. The first-order valence-corrected chi connectivity index (χ1v) is 6.94. The number of aryl methyl sites for hydroxylation is 4. The number of hydrogen-bond donors (Lipinski definition) is 0. The predicted molar refractivity (Wildman–Crippen MR) is 85.6 cm³/mol. The van der Waals surface area contributed by atoms with Crippen molar-refractivity contribution in [2.24, 2.45) is 12.0 Å². The van der Waals surface area contributed by atoms with Crippen LogP contribution in [0.15, 0.2) is 39.6 Å². The van der Waals surface area contributed by atoms with Crippen LogP contribution in [0.1, 0.15) is 30.9 Å². The second-order valence-corrected chi connectivity index (χ2v) is 5.05. The van der Waals surface area contributed by atoms with E-state index < -0.39 is 0 Å². The molecule has 5 nitrogen and oxygen atoms in total. The quantitative estimate of drug-likeness (QED) is 0.410. The molecule has 0 bridgehead atoms. The molecule has 1 aliphatic heterocycles. The minimum atomic E-state index is 0. The summed E-state index contributed by atoms with van der Waals surface area (Å²) in [6.45, 7) is 10.1. The Morgan fingerprint density at radius 2 is 1.71 bits per heavy atom. The van der Waals surface area contributed by atoms with E-state index in [0.29, 0.717) is 6.04 Å². The smallest absolute Gasteiger partial charge is 0.136 e. The molecule has 0 radical (unpaired) electrons. The third-order valence-electron chi connectivity index (χ3n) is 3.36. The zero-order chi connectivity index (χ0) is 15.8. The van der Waals surface area contributed by atoms with Gasteiger partial charge >= 0.3 is 0 Å². The van der Waals surface area contributed by atoms with E-state index in [9.17, 15) is 0 Å². The zero-order valence-corrected chi connectivity index (χ0v) is 23.7. The van der Waals surface area contributed by atoms with Crippen LogP contribution in [-0.4, -0.2) is 27.2 Å². The SMILES string of the molecule is CC1=CC=NC1C.Cc1ccnn1C.Cc1cnoc1C.[W].[W].[W]. The van der Waals surface area contributed by atoms with E-state index in [-0.39, 0.29) is 63.2 Å². The number of hydrogen-bond acceptors (Lipinski definition) is 4. The molecule has 1 aliphatic rings. The maximum atomic E-state index is 4.71. The van der Waals surface area contributed by atoms with Gasteiger partial charge < -0.3 is 4.52 Å². The summed E-state index contributed by atoms with van der Waals surface area (Å²) in [4.78, 5) is 4.10. The van der Waals surface area contributed by atoms with Gasteiger partial charge in [-0.15, -0.1) is 0 Å². The Hall–Kier alpha value is -0.105. The van der Waals surface area contributed by atoms with Crippen molar-refractivity contribution >= 4 is 6.21 Å². The van der Waals surface area contributed by atoms with Gasteiger partial charge in [-0.1, -0.05) is 5.16 Å². The average Bonchev–Trinajstić information content (AvgIpc) is 3.11. The molecular weight excluding hydrogens is 816 g/mol. The molecule has 0 saturated carbocycles. The fraction of sp³-hybridized carbons (Fsp3) is 0.438. The van der Waals surface area contributed by atoms with Crippen molar-refractivity contribution in [1.82, 2.24) is 14.9 Å². The van der Waals surface area contributed by atoms with Crippen molar-refractivity contribution in [3.05, 3.63) is 47.1 Å². The fourth-order valence-corrected chi connectivity index (χ4v) is 1.33. The van der Waals surface area contributed by atoms with E-state index in [1.807, 2.05) is 50.9 Å². The summed E-state index contributed by atoms with van der Waals surface area (Å²) >= 11 is 0. The molecule has 3 rings (SSSR count). The first-order chi connectivity index (χ1) is 9.91. The van der Waals surface area contributed by atoms with Crippen LogP contribution in [0.2, 0.25) is 0 Å². The van der Waals surface area contributed by atoms with Gasteiger partial charge in [0.05, 0.1) is 12.2 Å². The zero-order valence-electron chi connectivity index (χ0n) is 14.9. The monoisotopic (exact) mass is 840 g/mol. The molecule has 2 aromatic heterocycles. The number of rotatable bonds is 0. The molecule has 1 unspecified atom stereocenters. The molecule has 2 aromatic rings. The third-order valence-corrected chi connectivity index (χ3v) is 3.36. The molecule has 132 valence electrons. The molecule has 0 spiro atoms. The molecule has 1 atom stereocenters. The number of aromatic nitrogens is 3. The molecule has 0 fully saturated rings. The Balaban J connectivity index is -0.000000259. The van der Waals surface area contributed by atoms with Gasteiger partial charge in [0.25, 0.3) is 0 Å². The maximum absolute atomic E-state index is 4.71. The Morgan fingerprint density at radius 3 is 1.83 bits per heavy atom. The maximum Gasteiger partial charge on any atom is 0.136 e. The summed E-state index contributed by atoms with van der Waals surface area (Å²) < 4.78 is 6.55. The van der Waals surface area contributed by atoms with E-state index in [4.69, 9.17) is 4.52 Å². The molecule has 3 heterocycles. The predicted octanol–water partition coefficient (Wildman–Crippen LogP) is 3.42. The molecule has 8 heteroatoms. The Kier molecular flexibility index (Phi) is 18.1. The van der Waals surface area contributed by atoms with Crippen molar-refractivity contribution in [2.45, 2.75) is 40.7 Å². The van der Waals surface area contributed by atoms with Gasteiger partial charge in [-0.05, 0) is 52.3 Å². The van der Waals surface area contributed by atoms with Crippen LogP contribution in [-0.2, 0) is 70.2 Å². The Bertz CT molecular complexity index is 549. The average molecular weight is 840 g/mol. The molecule has 0 N–H and O–H groups in total. The van der Waals surface area contributed by atoms with Crippen LogP contribution in [0.25, 0.3) is 0 Å². The molecule has 0 aromatic carbocycles. The van der Waals surface area contributed by atoms with E-state index in [1.54, 1.807) is 12.4 Å². The first kappa shape index (κ1) is 28.7. The summed E-state index contributed by atoms with van der Waals surface area (Å²) in [7, 11) is 1.93. The Labute approximate surface area is 187 Å². The van der Waals surface area contributed by atoms with Crippen LogP contribution in [0.5, 0.6) is 0 Å². The van der Waals surface area contributed by atoms with Gasteiger partial charge in [-0.3, -0.25) is 9.67 Å². The summed E-state index contributed by atoms with van der Waals surface area (Å²) in [5.74, 6) is 0.903. The Morgan fingerprint density at radius 1 is 1.08 bits per heavy atom. The minimum absolute atomic E-state index is 0. The number of allylic oxidation sites excluding steroid dienone is 1. The summed E-state index contributed by atoms with van der Waals surface area (Å²) in [6.07, 6.45) is 7.40. The molecule has 24 heavy (non-hydrogen) atoms. The van der Waals surface area contributed by atoms with E-state index in [0.717, 1.165) is 11.3 Å². The molecule has 0 aliphatic carbocycles. The molecule has 0 saturated heterocycles.